The quantitative estimate of drug-likeness (QED) is 0.912. The Bertz CT molecular complexity index is 439. The first-order valence-corrected chi connectivity index (χ1v) is 6.23. The van der Waals surface area contributed by atoms with E-state index in [1.54, 1.807) is 6.07 Å². The summed E-state index contributed by atoms with van der Waals surface area (Å²) in [5, 5.41) is 2.76. The van der Waals surface area contributed by atoms with Crippen LogP contribution in [-0.2, 0) is 9.53 Å². The normalized spacial score (nSPS) is 23.7. The molecule has 2 atom stereocenters. The van der Waals surface area contributed by atoms with Crippen LogP contribution in [-0.4, -0.2) is 18.6 Å². The third-order valence-corrected chi connectivity index (χ3v) is 3.36. The molecule has 0 radical (unpaired) electrons. The Hall–Kier alpha value is -0.940. The van der Waals surface area contributed by atoms with Crippen LogP contribution in [0.1, 0.15) is 13.3 Å². The number of anilines is 1. The molecule has 3 nitrogen and oxygen atoms in total. The number of carbonyl (C=O) groups excluding carboxylic acids is 1. The summed E-state index contributed by atoms with van der Waals surface area (Å²) in [5.74, 6) is -0.539. The van der Waals surface area contributed by atoms with E-state index in [2.05, 4.69) is 21.2 Å². The van der Waals surface area contributed by atoms with E-state index in [4.69, 9.17) is 4.74 Å². The Morgan fingerprint density at radius 3 is 2.94 bits per heavy atom. The van der Waals surface area contributed by atoms with Gasteiger partial charge >= 0.3 is 0 Å². The van der Waals surface area contributed by atoms with E-state index >= 15 is 0 Å². The first kappa shape index (κ1) is 12.5. The van der Waals surface area contributed by atoms with Crippen molar-refractivity contribution in [1.29, 1.82) is 0 Å². The lowest BCUT2D eigenvalue weighted by Gasteiger charge is -2.09. The molecule has 1 heterocycles. The average molecular weight is 302 g/mol. The van der Waals surface area contributed by atoms with Gasteiger partial charge in [0, 0.05) is 5.69 Å². The highest BCUT2D eigenvalue weighted by Gasteiger charge is 2.28. The van der Waals surface area contributed by atoms with E-state index in [1.807, 2.05) is 6.92 Å². The molecule has 92 valence electrons. The molecule has 1 N–H and O–H groups in total. The molecule has 1 fully saturated rings. The zero-order valence-corrected chi connectivity index (χ0v) is 11.0. The van der Waals surface area contributed by atoms with E-state index in [0.29, 0.717) is 16.8 Å². The zero-order valence-electron chi connectivity index (χ0n) is 9.37. The first-order valence-electron chi connectivity index (χ1n) is 5.44. The van der Waals surface area contributed by atoms with Crippen molar-refractivity contribution in [2.24, 2.45) is 5.92 Å². The number of hydrogen-bond donors (Lipinski definition) is 1. The summed E-state index contributed by atoms with van der Waals surface area (Å²) in [4.78, 5) is 11.9. The predicted molar refractivity (Wildman–Crippen MR) is 66.3 cm³/mol. The summed E-state index contributed by atoms with van der Waals surface area (Å²) in [6.07, 6.45) is 0.861. The van der Waals surface area contributed by atoms with Crippen molar-refractivity contribution < 1.29 is 13.9 Å². The molecule has 1 aliphatic rings. The molecule has 17 heavy (non-hydrogen) atoms. The highest BCUT2D eigenvalue weighted by atomic mass is 79.9. The monoisotopic (exact) mass is 301 g/mol. The molecule has 0 bridgehead atoms. The summed E-state index contributed by atoms with van der Waals surface area (Å²) in [6, 6.07) is 4.40. The summed E-state index contributed by atoms with van der Waals surface area (Å²) >= 11 is 3.08. The van der Waals surface area contributed by atoms with Crippen molar-refractivity contribution in [2.45, 2.75) is 19.4 Å². The number of nitrogens with one attached hydrogen (secondary N) is 1. The van der Waals surface area contributed by atoms with Crippen LogP contribution in [0, 0.1) is 11.7 Å². The summed E-state index contributed by atoms with van der Waals surface area (Å²) < 4.78 is 18.7. The molecule has 0 aromatic heterocycles. The van der Waals surface area contributed by atoms with Crippen LogP contribution in [0.2, 0.25) is 0 Å². The van der Waals surface area contributed by atoms with Crippen molar-refractivity contribution >= 4 is 27.5 Å². The van der Waals surface area contributed by atoms with Crippen molar-refractivity contribution in [3.05, 3.63) is 28.5 Å². The number of halogens is 2. The lowest BCUT2D eigenvalue weighted by atomic mass is 10.1. The molecule has 1 aliphatic heterocycles. The van der Waals surface area contributed by atoms with Gasteiger partial charge in [-0.1, -0.05) is 0 Å². The minimum atomic E-state index is -0.346. The van der Waals surface area contributed by atoms with Gasteiger partial charge < -0.3 is 10.1 Å². The Balaban J connectivity index is 2.00. The molecule has 0 spiro atoms. The largest absolute Gasteiger partial charge is 0.378 e. The lowest BCUT2D eigenvalue weighted by Crippen LogP contribution is -2.23. The first-order chi connectivity index (χ1) is 8.06. The number of rotatable bonds is 2. The van der Waals surface area contributed by atoms with Gasteiger partial charge in [-0.2, -0.15) is 0 Å². The van der Waals surface area contributed by atoms with Gasteiger partial charge in [-0.05, 0) is 47.5 Å². The van der Waals surface area contributed by atoms with Crippen LogP contribution in [0.4, 0.5) is 10.1 Å². The molecule has 1 aromatic rings. The van der Waals surface area contributed by atoms with Gasteiger partial charge in [0.25, 0.3) is 0 Å². The molecule has 5 heteroatoms. The standard InChI is InChI=1S/C12H13BrFNO2/c1-7-4-8(6-17-7)12(16)15-9-2-3-11(14)10(13)5-9/h2-3,5,7-8H,4,6H2,1H3,(H,15,16). The van der Waals surface area contributed by atoms with Crippen LogP contribution in [0.5, 0.6) is 0 Å². The van der Waals surface area contributed by atoms with Crippen molar-refractivity contribution in [3.63, 3.8) is 0 Å². The van der Waals surface area contributed by atoms with Gasteiger partial charge in [0.2, 0.25) is 5.91 Å². The third-order valence-electron chi connectivity index (χ3n) is 2.76. The molecular formula is C12H13BrFNO2. The van der Waals surface area contributed by atoms with Crippen LogP contribution in [0.25, 0.3) is 0 Å². The van der Waals surface area contributed by atoms with E-state index in [9.17, 15) is 9.18 Å². The van der Waals surface area contributed by atoms with Gasteiger partial charge in [0.05, 0.1) is 23.1 Å². The highest BCUT2D eigenvalue weighted by Crippen LogP contribution is 2.23. The predicted octanol–water partition coefficient (Wildman–Crippen LogP) is 2.95. The minimum absolute atomic E-state index is 0.0761. The van der Waals surface area contributed by atoms with Crippen molar-refractivity contribution in [2.75, 3.05) is 11.9 Å². The lowest BCUT2D eigenvalue weighted by molar-refractivity contribution is -0.119. The number of carbonyl (C=O) groups is 1. The third kappa shape index (κ3) is 3.04. The Morgan fingerprint density at radius 2 is 2.35 bits per heavy atom. The van der Waals surface area contributed by atoms with E-state index in [0.717, 1.165) is 6.42 Å². The maximum atomic E-state index is 13.0. The zero-order chi connectivity index (χ0) is 12.4. The molecule has 0 aliphatic carbocycles. The van der Waals surface area contributed by atoms with Crippen LogP contribution in [0.3, 0.4) is 0 Å². The topological polar surface area (TPSA) is 38.3 Å². The molecule has 2 unspecified atom stereocenters. The maximum absolute atomic E-state index is 13.0. The second-order valence-corrected chi connectivity index (χ2v) is 5.05. The Labute approximate surface area is 107 Å². The summed E-state index contributed by atoms with van der Waals surface area (Å²) in [6.45, 7) is 2.40. The maximum Gasteiger partial charge on any atom is 0.229 e. The van der Waals surface area contributed by atoms with Gasteiger partial charge in [-0.3, -0.25) is 4.79 Å². The molecule has 1 aromatic carbocycles. The van der Waals surface area contributed by atoms with E-state index in [1.165, 1.54) is 12.1 Å². The summed E-state index contributed by atoms with van der Waals surface area (Å²) in [5.41, 5.74) is 0.586. The summed E-state index contributed by atoms with van der Waals surface area (Å²) in [7, 11) is 0. The molecule has 1 amide bonds. The highest BCUT2D eigenvalue weighted by molar-refractivity contribution is 9.10. The van der Waals surface area contributed by atoms with Crippen LogP contribution >= 0.6 is 15.9 Å². The average Bonchev–Trinajstić information content (AvgIpc) is 2.70. The molecule has 1 saturated heterocycles. The number of amides is 1. The molecule has 0 saturated carbocycles. The Kier molecular flexibility index (Phi) is 3.79. The fourth-order valence-electron chi connectivity index (χ4n) is 1.82. The van der Waals surface area contributed by atoms with E-state index in [-0.39, 0.29) is 23.7 Å². The number of benzene rings is 1. The van der Waals surface area contributed by atoms with Gasteiger partial charge in [-0.15, -0.1) is 0 Å². The van der Waals surface area contributed by atoms with Crippen LogP contribution < -0.4 is 5.32 Å². The molecule has 2 rings (SSSR count). The number of ether oxygens (including phenoxy) is 1. The van der Waals surface area contributed by atoms with Crippen molar-refractivity contribution in [3.8, 4) is 0 Å². The Morgan fingerprint density at radius 1 is 1.59 bits per heavy atom. The van der Waals surface area contributed by atoms with E-state index < -0.39 is 0 Å². The fourth-order valence-corrected chi connectivity index (χ4v) is 2.20. The van der Waals surface area contributed by atoms with Crippen molar-refractivity contribution in [1.82, 2.24) is 0 Å². The minimum Gasteiger partial charge on any atom is -0.378 e. The second kappa shape index (κ2) is 5.14. The van der Waals surface area contributed by atoms with Crippen LogP contribution in [0.15, 0.2) is 22.7 Å². The van der Waals surface area contributed by atoms with Gasteiger partial charge in [-0.25, -0.2) is 4.39 Å². The van der Waals surface area contributed by atoms with Gasteiger partial charge in [0.1, 0.15) is 5.82 Å². The van der Waals surface area contributed by atoms with Gasteiger partial charge in [0.15, 0.2) is 0 Å². The number of hydrogen-bond acceptors (Lipinski definition) is 2. The molecular weight excluding hydrogens is 289 g/mol. The fraction of sp³-hybridized carbons (Fsp3) is 0.417. The SMILES string of the molecule is CC1CC(C(=O)Nc2ccc(F)c(Br)c2)CO1. The second-order valence-electron chi connectivity index (χ2n) is 4.19. The smallest absolute Gasteiger partial charge is 0.229 e.